The second-order valence-corrected chi connectivity index (χ2v) is 6.65. The molecule has 0 aromatic heterocycles. The van der Waals surface area contributed by atoms with Crippen molar-refractivity contribution in [1.82, 2.24) is 10.2 Å². The van der Waals surface area contributed by atoms with Crippen LogP contribution in [0.15, 0.2) is 0 Å². The van der Waals surface area contributed by atoms with Crippen LogP contribution in [0.3, 0.4) is 0 Å². The minimum absolute atomic E-state index is 0.0765. The van der Waals surface area contributed by atoms with Crippen molar-refractivity contribution in [2.24, 2.45) is 11.1 Å². The number of nitrogens with two attached hydrogens (primary N) is 1. The van der Waals surface area contributed by atoms with E-state index in [-0.39, 0.29) is 11.9 Å². The molecule has 1 atom stereocenters. The number of hydrogen-bond donors (Lipinski definition) is 2. The fourth-order valence-electron chi connectivity index (χ4n) is 3.52. The number of thiocarbonyl (C=S) groups is 1. The summed E-state index contributed by atoms with van der Waals surface area (Å²) in [7, 11) is 0. The van der Waals surface area contributed by atoms with Gasteiger partial charge in [0.25, 0.3) is 0 Å². The summed E-state index contributed by atoms with van der Waals surface area (Å²) in [5, 5.41) is 3.23. The molecule has 0 spiro atoms. The Hall–Kier alpha value is -0.680. The van der Waals surface area contributed by atoms with Crippen LogP contribution in [0.2, 0.25) is 0 Å². The molecule has 0 aromatic carbocycles. The summed E-state index contributed by atoms with van der Waals surface area (Å²) in [6.07, 6.45) is 7.14. The lowest BCUT2D eigenvalue weighted by Crippen LogP contribution is -2.55. The Morgan fingerprint density at radius 2 is 2.05 bits per heavy atom. The summed E-state index contributed by atoms with van der Waals surface area (Å²) < 4.78 is 0. The van der Waals surface area contributed by atoms with E-state index in [0.717, 1.165) is 58.2 Å². The third-order valence-electron chi connectivity index (χ3n) is 4.90. The van der Waals surface area contributed by atoms with Gasteiger partial charge < -0.3 is 16.0 Å². The summed E-state index contributed by atoms with van der Waals surface area (Å²) in [5.41, 5.74) is 5.34. The van der Waals surface area contributed by atoms with Gasteiger partial charge in [0.05, 0.1) is 10.4 Å². The van der Waals surface area contributed by atoms with E-state index in [2.05, 4.69) is 17.1 Å². The largest absolute Gasteiger partial charge is 0.392 e. The Bertz CT molecular complexity index is 366. The van der Waals surface area contributed by atoms with Crippen LogP contribution in [0.5, 0.6) is 0 Å². The van der Waals surface area contributed by atoms with E-state index in [0.29, 0.717) is 4.99 Å². The van der Waals surface area contributed by atoms with Crippen LogP contribution in [0, 0.1) is 5.41 Å². The predicted molar refractivity (Wildman–Crippen MR) is 85.6 cm³/mol. The van der Waals surface area contributed by atoms with Crippen molar-refractivity contribution < 1.29 is 4.79 Å². The van der Waals surface area contributed by atoms with Crippen LogP contribution in [0.1, 0.15) is 51.9 Å². The Balaban J connectivity index is 1.99. The third kappa shape index (κ3) is 3.31. The molecule has 1 unspecified atom stereocenters. The smallest absolute Gasteiger partial charge is 0.233 e. The van der Waals surface area contributed by atoms with E-state index in [1.807, 2.05) is 0 Å². The number of nitrogens with zero attached hydrogens (tertiary/aromatic N) is 1. The molecule has 0 aromatic rings. The predicted octanol–water partition coefficient (Wildman–Crippen LogP) is 1.82. The van der Waals surface area contributed by atoms with E-state index < -0.39 is 5.41 Å². The number of piperidine rings is 1. The number of carbonyl (C=O) groups is 1. The summed E-state index contributed by atoms with van der Waals surface area (Å²) in [6.45, 7) is 5.31. The lowest BCUT2D eigenvalue weighted by atomic mass is 9.73. The van der Waals surface area contributed by atoms with Gasteiger partial charge in [-0.15, -0.1) is 0 Å². The molecule has 1 heterocycles. The standard InChI is InChI=1S/C15H27N3OS/c1-2-18-10-6-7-12(11-18)17-14(19)15(13(16)20)8-4-3-5-9-15/h12H,2-11H2,1H3,(H2,16,20)(H,17,19). The van der Waals surface area contributed by atoms with Gasteiger partial charge in [0, 0.05) is 12.6 Å². The molecule has 2 aliphatic rings. The van der Waals surface area contributed by atoms with Crippen molar-refractivity contribution in [3.8, 4) is 0 Å². The van der Waals surface area contributed by atoms with Crippen LogP contribution in [-0.2, 0) is 4.79 Å². The second-order valence-electron chi connectivity index (χ2n) is 6.21. The molecule has 1 amide bonds. The average molecular weight is 297 g/mol. The number of likely N-dealkylation sites (tertiary alicyclic amines) is 1. The molecule has 5 heteroatoms. The van der Waals surface area contributed by atoms with Crippen LogP contribution in [0.25, 0.3) is 0 Å². The maximum Gasteiger partial charge on any atom is 0.233 e. The SMILES string of the molecule is CCN1CCCC(NC(=O)C2(C(N)=S)CCCCC2)C1. The number of likely N-dealkylation sites (N-methyl/N-ethyl adjacent to an activating group) is 1. The first kappa shape index (κ1) is 15.7. The van der Waals surface area contributed by atoms with Crippen molar-refractivity contribution in [1.29, 1.82) is 0 Å². The van der Waals surface area contributed by atoms with Gasteiger partial charge in [-0.2, -0.15) is 0 Å². The molecule has 20 heavy (non-hydrogen) atoms. The van der Waals surface area contributed by atoms with E-state index in [1.165, 1.54) is 6.42 Å². The van der Waals surface area contributed by atoms with Crippen molar-refractivity contribution in [2.75, 3.05) is 19.6 Å². The van der Waals surface area contributed by atoms with Gasteiger partial charge in [-0.1, -0.05) is 38.4 Å². The molecule has 3 N–H and O–H groups in total. The zero-order chi connectivity index (χ0) is 14.6. The Kier molecular flexibility index (Phi) is 5.38. The number of nitrogens with one attached hydrogen (secondary N) is 1. The molecular weight excluding hydrogens is 270 g/mol. The summed E-state index contributed by atoms with van der Waals surface area (Å²) in [6, 6.07) is 0.254. The summed E-state index contributed by atoms with van der Waals surface area (Å²) >= 11 is 5.22. The molecule has 1 aliphatic heterocycles. The minimum Gasteiger partial charge on any atom is -0.392 e. The molecule has 4 nitrogen and oxygen atoms in total. The molecule has 114 valence electrons. The van der Waals surface area contributed by atoms with Crippen LogP contribution in [0.4, 0.5) is 0 Å². The van der Waals surface area contributed by atoms with Crippen molar-refractivity contribution in [3.05, 3.63) is 0 Å². The Morgan fingerprint density at radius 1 is 1.35 bits per heavy atom. The highest BCUT2D eigenvalue weighted by Gasteiger charge is 2.43. The van der Waals surface area contributed by atoms with E-state index in [9.17, 15) is 4.79 Å². The molecule has 2 fully saturated rings. The van der Waals surface area contributed by atoms with Gasteiger partial charge >= 0.3 is 0 Å². The number of amides is 1. The van der Waals surface area contributed by atoms with Gasteiger partial charge in [-0.05, 0) is 38.8 Å². The van der Waals surface area contributed by atoms with Crippen LogP contribution in [-0.4, -0.2) is 41.5 Å². The quantitative estimate of drug-likeness (QED) is 0.777. The first-order valence-corrected chi connectivity index (χ1v) is 8.32. The summed E-state index contributed by atoms with van der Waals surface area (Å²) in [5.74, 6) is 0.0765. The van der Waals surface area contributed by atoms with E-state index in [4.69, 9.17) is 18.0 Å². The Labute approximate surface area is 127 Å². The first-order valence-electron chi connectivity index (χ1n) is 7.91. The highest BCUT2D eigenvalue weighted by molar-refractivity contribution is 7.80. The molecule has 1 saturated carbocycles. The Morgan fingerprint density at radius 3 is 2.65 bits per heavy atom. The maximum atomic E-state index is 12.7. The monoisotopic (exact) mass is 297 g/mol. The highest BCUT2D eigenvalue weighted by atomic mass is 32.1. The lowest BCUT2D eigenvalue weighted by molar-refractivity contribution is -0.130. The molecule has 1 aliphatic carbocycles. The average Bonchev–Trinajstić information content (AvgIpc) is 2.48. The molecule has 0 radical (unpaired) electrons. The maximum absolute atomic E-state index is 12.7. The van der Waals surface area contributed by atoms with Crippen LogP contribution < -0.4 is 11.1 Å². The van der Waals surface area contributed by atoms with E-state index >= 15 is 0 Å². The van der Waals surface area contributed by atoms with Crippen LogP contribution >= 0.6 is 12.2 Å². The highest BCUT2D eigenvalue weighted by Crippen LogP contribution is 2.37. The third-order valence-corrected chi connectivity index (χ3v) is 5.29. The van der Waals surface area contributed by atoms with E-state index in [1.54, 1.807) is 0 Å². The van der Waals surface area contributed by atoms with Gasteiger partial charge in [0.2, 0.25) is 5.91 Å². The number of carbonyl (C=O) groups excluding carboxylic acids is 1. The first-order chi connectivity index (χ1) is 9.58. The number of hydrogen-bond acceptors (Lipinski definition) is 3. The fraction of sp³-hybridized carbons (Fsp3) is 0.867. The minimum atomic E-state index is -0.581. The molecule has 0 bridgehead atoms. The molecule has 1 saturated heterocycles. The summed E-state index contributed by atoms with van der Waals surface area (Å²) in [4.78, 5) is 15.5. The van der Waals surface area contributed by atoms with Crippen molar-refractivity contribution >= 4 is 23.1 Å². The van der Waals surface area contributed by atoms with Gasteiger partial charge in [0.15, 0.2) is 0 Å². The van der Waals surface area contributed by atoms with Crippen molar-refractivity contribution in [3.63, 3.8) is 0 Å². The number of rotatable bonds is 4. The van der Waals surface area contributed by atoms with Crippen molar-refractivity contribution in [2.45, 2.75) is 57.9 Å². The van der Waals surface area contributed by atoms with Gasteiger partial charge in [-0.3, -0.25) is 4.79 Å². The lowest BCUT2D eigenvalue weighted by Gasteiger charge is -2.38. The topological polar surface area (TPSA) is 58.4 Å². The second kappa shape index (κ2) is 6.85. The zero-order valence-electron chi connectivity index (χ0n) is 12.5. The fourth-order valence-corrected chi connectivity index (χ4v) is 3.82. The molecular formula is C15H27N3OS. The molecule has 2 rings (SSSR count). The van der Waals surface area contributed by atoms with Gasteiger partial charge in [-0.25, -0.2) is 0 Å². The zero-order valence-corrected chi connectivity index (χ0v) is 13.3. The normalized spacial score (nSPS) is 26.9. The van der Waals surface area contributed by atoms with Gasteiger partial charge in [0.1, 0.15) is 0 Å².